The lowest BCUT2D eigenvalue weighted by molar-refractivity contribution is -0.245. The molecule has 0 fully saturated rings. The van der Waals surface area contributed by atoms with E-state index in [9.17, 15) is 18.0 Å². The highest BCUT2D eigenvalue weighted by molar-refractivity contribution is 5.95. The third-order valence-corrected chi connectivity index (χ3v) is 3.17. The molecule has 1 aromatic heterocycles. The van der Waals surface area contributed by atoms with Gasteiger partial charge in [0.25, 0.3) is 0 Å². The molecule has 1 aliphatic heterocycles. The first-order chi connectivity index (χ1) is 9.22. The van der Waals surface area contributed by atoms with Crippen LogP contribution in [0.25, 0.3) is 11.0 Å². The maximum atomic E-state index is 13.1. The van der Waals surface area contributed by atoms with Crippen molar-refractivity contribution in [3.63, 3.8) is 0 Å². The minimum Gasteiger partial charge on any atom is -0.332 e. The Morgan fingerprint density at radius 3 is 2.55 bits per heavy atom. The smallest absolute Gasteiger partial charge is 0.332 e. The number of hydrogen-bond donors (Lipinski definition) is 1. The van der Waals surface area contributed by atoms with Crippen LogP contribution in [0.4, 0.5) is 23.9 Å². The average molecular weight is 284 g/mol. The van der Waals surface area contributed by atoms with Crippen LogP contribution in [0.2, 0.25) is 0 Å². The van der Waals surface area contributed by atoms with Gasteiger partial charge in [-0.25, -0.2) is 19.2 Å². The van der Waals surface area contributed by atoms with E-state index in [1.54, 1.807) is 24.3 Å². The minimum atomic E-state index is -4.78. The fourth-order valence-corrected chi connectivity index (χ4v) is 2.40. The summed E-state index contributed by atoms with van der Waals surface area (Å²) >= 11 is 0. The summed E-state index contributed by atoms with van der Waals surface area (Å²) in [6.07, 6.45) is -4.78. The van der Waals surface area contributed by atoms with Crippen LogP contribution in [0, 0.1) is 0 Å². The van der Waals surface area contributed by atoms with E-state index in [0.29, 0.717) is 11.0 Å². The molecule has 106 valence electrons. The van der Waals surface area contributed by atoms with Gasteiger partial charge >= 0.3 is 12.3 Å². The fourth-order valence-electron chi connectivity index (χ4n) is 2.40. The number of alkyl halides is 3. The van der Waals surface area contributed by atoms with Crippen LogP contribution < -0.4 is 5.32 Å². The molecule has 1 aromatic carbocycles. The molecule has 0 atom stereocenters. The first-order valence-electron chi connectivity index (χ1n) is 5.89. The summed E-state index contributed by atoms with van der Waals surface area (Å²) in [6, 6.07) is 5.38. The molecule has 2 heterocycles. The first kappa shape index (κ1) is 12.8. The summed E-state index contributed by atoms with van der Waals surface area (Å²) in [4.78, 5) is 16.3. The quantitative estimate of drug-likeness (QED) is 0.757. The number of aromatic nitrogens is 2. The number of anilines is 1. The molecule has 0 spiro atoms. The molecule has 1 amide bonds. The summed E-state index contributed by atoms with van der Waals surface area (Å²) in [5.74, 6) is 0.113. The highest BCUT2D eigenvalue weighted by Crippen LogP contribution is 2.36. The van der Waals surface area contributed by atoms with E-state index in [1.165, 1.54) is 13.8 Å². The maximum absolute atomic E-state index is 13.1. The molecule has 3 rings (SSSR count). The van der Waals surface area contributed by atoms with E-state index in [1.807, 2.05) is 0 Å². The van der Waals surface area contributed by atoms with Crippen LogP contribution in [-0.4, -0.2) is 32.4 Å². The largest absolute Gasteiger partial charge is 0.490 e. The van der Waals surface area contributed by atoms with Crippen molar-refractivity contribution in [3.8, 4) is 0 Å². The number of amides is 1. The maximum Gasteiger partial charge on any atom is 0.490 e. The number of carbonyl (C=O) groups excluding carboxylic acids is 1. The first-order valence-corrected chi connectivity index (χ1v) is 5.89. The molecule has 1 aliphatic rings. The molecule has 0 radical (unpaired) electrons. The number of hydrogen-bond acceptors (Lipinski definition) is 3. The van der Waals surface area contributed by atoms with Crippen molar-refractivity contribution in [3.05, 3.63) is 24.3 Å². The molecule has 0 saturated heterocycles. The second kappa shape index (κ2) is 3.65. The number of para-hydroxylation sites is 2. The normalized spacial score (nSPS) is 18.1. The molecular formula is C12H11F3N4O. The standard InChI is InChI=1S/C12H11F3N4O/c1-11(2)17-9-16-7-5-3-4-6-8(7)18(9)10(20)19(11)12(13,14)15/h3-6H,1-2H3,(H,16,17). The van der Waals surface area contributed by atoms with Crippen molar-refractivity contribution < 1.29 is 18.0 Å². The van der Waals surface area contributed by atoms with Crippen LogP contribution in [0.3, 0.4) is 0 Å². The van der Waals surface area contributed by atoms with E-state index < -0.39 is 18.0 Å². The van der Waals surface area contributed by atoms with Gasteiger partial charge in [-0.3, -0.25) is 0 Å². The summed E-state index contributed by atoms with van der Waals surface area (Å²) in [5.41, 5.74) is -0.805. The van der Waals surface area contributed by atoms with E-state index in [4.69, 9.17) is 0 Å². The monoisotopic (exact) mass is 284 g/mol. The van der Waals surface area contributed by atoms with E-state index >= 15 is 0 Å². The highest BCUT2D eigenvalue weighted by Gasteiger charge is 2.53. The van der Waals surface area contributed by atoms with Gasteiger partial charge in [-0.2, -0.15) is 0 Å². The Hall–Kier alpha value is -2.25. The van der Waals surface area contributed by atoms with Crippen LogP contribution in [0.1, 0.15) is 13.8 Å². The topological polar surface area (TPSA) is 50.2 Å². The SMILES string of the molecule is CC1(C)Nc2nc3ccccc3n2C(=O)N1C(F)(F)F. The van der Waals surface area contributed by atoms with Crippen LogP contribution >= 0.6 is 0 Å². The Morgan fingerprint density at radius 2 is 1.90 bits per heavy atom. The van der Waals surface area contributed by atoms with E-state index in [0.717, 1.165) is 4.57 Å². The van der Waals surface area contributed by atoms with Crippen molar-refractivity contribution in [2.24, 2.45) is 0 Å². The Bertz CT molecular complexity index is 704. The van der Waals surface area contributed by atoms with Gasteiger partial charge in [0.2, 0.25) is 5.95 Å². The second-order valence-electron chi connectivity index (χ2n) is 5.03. The van der Waals surface area contributed by atoms with E-state index in [2.05, 4.69) is 10.3 Å². The van der Waals surface area contributed by atoms with Crippen molar-refractivity contribution in [1.29, 1.82) is 0 Å². The van der Waals surface area contributed by atoms with E-state index in [-0.39, 0.29) is 10.8 Å². The predicted octanol–water partition coefficient (Wildman–Crippen LogP) is 2.99. The highest BCUT2D eigenvalue weighted by atomic mass is 19.4. The molecule has 8 heteroatoms. The Balaban J connectivity index is 2.26. The second-order valence-corrected chi connectivity index (χ2v) is 5.03. The van der Waals surface area contributed by atoms with Gasteiger partial charge in [0, 0.05) is 0 Å². The molecule has 20 heavy (non-hydrogen) atoms. The molecule has 0 aliphatic carbocycles. The zero-order chi connectivity index (χ0) is 14.7. The zero-order valence-corrected chi connectivity index (χ0v) is 10.7. The van der Waals surface area contributed by atoms with Gasteiger partial charge in [-0.05, 0) is 26.0 Å². The molecule has 0 bridgehead atoms. The Kier molecular flexibility index (Phi) is 2.33. The number of imidazole rings is 1. The summed E-state index contributed by atoms with van der Waals surface area (Å²) < 4.78 is 40.3. The van der Waals surface area contributed by atoms with Crippen molar-refractivity contribution in [1.82, 2.24) is 14.5 Å². The van der Waals surface area contributed by atoms with Gasteiger partial charge in [0.05, 0.1) is 11.0 Å². The molecule has 1 N–H and O–H groups in total. The molecule has 5 nitrogen and oxygen atoms in total. The predicted molar refractivity (Wildman–Crippen MR) is 66.1 cm³/mol. The molecule has 2 aromatic rings. The van der Waals surface area contributed by atoms with Crippen LogP contribution in [0.15, 0.2) is 24.3 Å². The lowest BCUT2D eigenvalue weighted by Crippen LogP contribution is -2.63. The lowest BCUT2D eigenvalue weighted by atomic mass is 10.2. The average Bonchev–Trinajstić information content (AvgIpc) is 2.62. The third-order valence-electron chi connectivity index (χ3n) is 3.17. The number of fused-ring (bicyclic) bond motifs is 3. The molecule has 0 saturated carbocycles. The van der Waals surface area contributed by atoms with Gasteiger partial charge in [-0.15, -0.1) is 13.2 Å². The van der Waals surface area contributed by atoms with Crippen LogP contribution in [0.5, 0.6) is 0 Å². The molecular weight excluding hydrogens is 273 g/mol. The minimum absolute atomic E-state index is 0.113. The Labute approximate surface area is 112 Å². The number of nitrogens with zero attached hydrogens (tertiary/aromatic N) is 3. The fraction of sp³-hybridized carbons (Fsp3) is 0.333. The summed E-state index contributed by atoms with van der Waals surface area (Å²) in [7, 11) is 0. The number of benzene rings is 1. The number of nitrogens with one attached hydrogen (secondary N) is 1. The number of rotatable bonds is 0. The summed E-state index contributed by atoms with van der Waals surface area (Å²) in [5, 5.41) is 2.65. The zero-order valence-electron chi connectivity index (χ0n) is 10.7. The van der Waals surface area contributed by atoms with Crippen molar-refractivity contribution in [2.45, 2.75) is 25.8 Å². The third kappa shape index (κ3) is 1.64. The van der Waals surface area contributed by atoms with Gasteiger partial charge < -0.3 is 5.32 Å². The number of halogens is 3. The Morgan fingerprint density at radius 1 is 1.25 bits per heavy atom. The van der Waals surface area contributed by atoms with Crippen LogP contribution in [-0.2, 0) is 0 Å². The summed E-state index contributed by atoms with van der Waals surface area (Å²) in [6.45, 7) is 2.56. The lowest BCUT2D eigenvalue weighted by Gasteiger charge is -2.43. The van der Waals surface area contributed by atoms with Gasteiger partial charge in [0.1, 0.15) is 5.66 Å². The van der Waals surface area contributed by atoms with Gasteiger partial charge in [-0.1, -0.05) is 12.1 Å². The van der Waals surface area contributed by atoms with Gasteiger partial charge in [0.15, 0.2) is 0 Å². The molecule has 0 unspecified atom stereocenters. The number of carbonyl (C=O) groups is 1. The van der Waals surface area contributed by atoms with Crippen molar-refractivity contribution in [2.75, 3.05) is 5.32 Å². The van der Waals surface area contributed by atoms with Crippen molar-refractivity contribution >= 4 is 23.0 Å².